The molecule has 154 valence electrons. The van der Waals surface area contributed by atoms with E-state index in [1.807, 2.05) is 0 Å². The summed E-state index contributed by atoms with van der Waals surface area (Å²) in [7, 11) is -1.59. The Morgan fingerprint density at radius 1 is 1.22 bits per heavy atom. The van der Waals surface area contributed by atoms with Gasteiger partial charge in [-0.15, -0.1) is 11.3 Å². The summed E-state index contributed by atoms with van der Waals surface area (Å²) in [5.41, 5.74) is -2.85. The molecule has 1 rings (SSSR count). The summed E-state index contributed by atoms with van der Waals surface area (Å²) in [5.74, 6) is -0.540. The SMILES string of the molecule is CC(C#N)(CC[C@](C)(N[S@](=O)C(C)(C)C)c1sc(Br)cc1F)CC(F)(F)F. The number of thiophene rings is 1. The Morgan fingerprint density at radius 2 is 1.78 bits per heavy atom. The molecule has 3 atom stereocenters. The Hall–Kier alpha value is -0.500. The standard InChI is InChI=1S/C17H23BrF4N2OS2/c1-14(2,3)27(25)24-16(5,13-11(19)8-12(18)26-13)7-6-15(4,10-23)9-17(20,21)22/h8,24H,6-7,9H2,1-5H3/t15?,16-,27+/m0/s1. The Labute approximate surface area is 172 Å². The van der Waals surface area contributed by atoms with Crippen molar-refractivity contribution in [1.82, 2.24) is 4.72 Å². The molecular weight excluding hydrogens is 468 g/mol. The van der Waals surface area contributed by atoms with Gasteiger partial charge in [0.05, 0.1) is 47.8 Å². The van der Waals surface area contributed by atoms with E-state index in [1.165, 1.54) is 13.0 Å². The summed E-state index contributed by atoms with van der Waals surface area (Å²) in [6.45, 7) is 8.05. The third-order valence-corrected chi connectivity index (χ3v) is 7.69. The van der Waals surface area contributed by atoms with Crippen LogP contribution < -0.4 is 4.72 Å². The van der Waals surface area contributed by atoms with Crippen LogP contribution in [0.25, 0.3) is 0 Å². The molecule has 0 aliphatic heterocycles. The molecule has 0 aromatic carbocycles. The van der Waals surface area contributed by atoms with E-state index in [1.54, 1.807) is 33.8 Å². The molecular formula is C17H23BrF4N2OS2. The van der Waals surface area contributed by atoms with Crippen molar-refractivity contribution in [2.45, 2.75) is 70.3 Å². The maximum absolute atomic E-state index is 14.4. The zero-order valence-electron chi connectivity index (χ0n) is 15.8. The topological polar surface area (TPSA) is 52.9 Å². The summed E-state index contributed by atoms with van der Waals surface area (Å²) in [4.78, 5) is 0.235. The predicted molar refractivity (Wildman–Crippen MR) is 104 cm³/mol. The van der Waals surface area contributed by atoms with Crippen LogP contribution in [0.3, 0.4) is 0 Å². The molecule has 10 heteroatoms. The lowest BCUT2D eigenvalue weighted by atomic mass is 9.79. The second kappa shape index (κ2) is 8.47. The largest absolute Gasteiger partial charge is 0.390 e. The van der Waals surface area contributed by atoms with E-state index >= 15 is 0 Å². The first-order valence-electron chi connectivity index (χ1n) is 8.14. The van der Waals surface area contributed by atoms with Gasteiger partial charge in [0.1, 0.15) is 5.82 Å². The minimum Gasteiger partial charge on any atom is -0.242 e. The number of halogens is 5. The number of nitrogens with zero attached hydrogens (tertiary/aromatic N) is 1. The fraction of sp³-hybridized carbons (Fsp3) is 0.706. The molecule has 1 aromatic rings. The summed E-state index contributed by atoms with van der Waals surface area (Å²) in [6, 6.07) is 3.00. The maximum atomic E-state index is 14.4. The van der Waals surface area contributed by atoms with Crippen molar-refractivity contribution < 1.29 is 21.8 Å². The van der Waals surface area contributed by atoms with Gasteiger partial charge in [0.2, 0.25) is 0 Å². The molecule has 1 N–H and O–H groups in total. The molecule has 1 unspecified atom stereocenters. The van der Waals surface area contributed by atoms with Gasteiger partial charge < -0.3 is 0 Å². The number of hydrogen-bond donors (Lipinski definition) is 1. The molecule has 0 aliphatic carbocycles. The van der Waals surface area contributed by atoms with Crippen molar-refractivity contribution in [3.63, 3.8) is 0 Å². The summed E-state index contributed by atoms with van der Waals surface area (Å²) in [6.07, 6.45) is -5.87. The van der Waals surface area contributed by atoms with Gasteiger partial charge in [0.25, 0.3) is 0 Å². The summed E-state index contributed by atoms with van der Waals surface area (Å²) < 4.78 is 68.3. The van der Waals surface area contributed by atoms with Crippen molar-refractivity contribution in [1.29, 1.82) is 5.26 Å². The van der Waals surface area contributed by atoms with E-state index in [4.69, 9.17) is 0 Å². The highest BCUT2D eigenvalue weighted by Crippen LogP contribution is 2.43. The van der Waals surface area contributed by atoms with Crippen LogP contribution in [-0.2, 0) is 16.5 Å². The summed E-state index contributed by atoms with van der Waals surface area (Å²) >= 11 is 4.28. The Morgan fingerprint density at radius 3 is 2.15 bits per heavy atom. The molecule has 27 heavy (non-hydrogen) atoms. The molecule has 0 amide bonds. The molecule has 3 nitrogen and oxygen atoms in total. The van der Waals surface area contributed by atoms with E-state index in [9.17, 15) is 27.0 Å². The maximum Gasteiger partial charge on any atom is 0.390 e. The van der Waals surface area contributed by atoms with Gasteiger partial charge in [-0.3, -0.25) is 0 Å². The van der Waals surface area contributed by atoms with Gasteiger partial charge in [-0.1, -0.05) is 0 Å². The third kappa shape index (κ3) is 7.11. The molecule has 1 aromatic heterocycles. The quantitative estimate of drug-likeness (QED) is 0.464. The van der Waals surface area contributed by atoms with Crippen molar-refractivity contribution in [2.24, 2.45) is 5.41 Å². The Balaban J connectivity index is 3.21. The number of nitrogens with one attached hydrogen (secondary N) is 1. The first kappa shape index (κ1) is 24.5. The van der Waals surface area contributed by atoms with E-state index in [-0.39, 0.29) is 17.7 Å². The van der Waals surface area contributed by atoms with E-state index in [0.29, 0.717) is 3.79 Å². The Bertz CT molecular complexity index is 739. The van der Waals surface area contributed by atoms with Crippen molar-refractivity contribution in [3.05, 3.63) is 20.5 Å². The zero-order valence-corrected chi connectivity index (χ0v) is 19.0. The fourth-order valence-electron chi connectivity index (χ4n) is 2.44. The van der Waals surface area contributed by atoms with Gasteiger partial charge in [-0.05, 0) is 69.5 Å². The lowest BCUT2D eigenvalue weighted by Gasteiger charge is -2.35. The van der Waals surface area contributed by atoms with Crippen LogP contribution in [0.1, 0.15) is 58.8 Å². The molecule has 0 spiro atoms. The molecule has 0 saturated heterocycles. The monoisotopic (exact) mass is 490 g/mol. The van der Waals surface area contributed by atoms with Crippen LogP contribution in [0, 0.1) is 22.6 Å². The van der Waals surface area contributed by atoms with Gasteiger partial charge >= 0.3 is 6.18 Å². The molecule has 0 saturated carbocycles. The lowest BCUT2D eigenvalue weighted by molar-refractivity contribution is -0.151. The fourth-order valence-corrected chi connectivity index (χ4v) is 5.00. The lowest BCUT2D eigenvalue weighted by Crippen LogP contribution is -2.46. The number of nitriles is 1. The van der Waals surface area contributed by atoms with Crippen LogP contribution in [0.15, 0.2) is 9.85 Å². The first-order valence-corrected chi connectivity index (χ1v) is 10.9. The smallest absolute Gasteiger partial charge is 0.242 e. The highest BCUT2D eigenvalue weighted by molar-refractivity contribution is 9.11. The van der Waals surface area contributed by atoms with Gasteiger partial charge in [-0.2, -0.15) is 18.4 Å². The highest BCUT2D eigenvalue weighted by Gasteiger charge is 2.43. The van der Waals surface area contributed by atoms with Gasteiger partial charge in [-0.25, -0.2) is 13.3 Å². The Kier molecular flexibility index (Phi) is 7.70. The van der Waals surface area contributed by atoms with Crippen molar-refractivity contribution in [2.75, 3.05) is 0 Å². The van der Waals surface area contributed by atoms with Gasteiger partial charge in [0.15, 0.2) is 0 Å². The molecule has 0 aliphatic rings. The van der Waals surface area contributed by atoms with Crippen molar-refractivity contribution in [3.8, 4) is 6.07 Å². The number of rotatable bonds is 7. The van der Waals surface area contributed by atoms with Crippen LogP contribution in [0.2, 0.25) is 0 Å². The zero-order chi connectivity index (χ0) is 21.3. The van der Waals surface area contributed by atoms with E-state index in [2.05, 4.69) is 20.7 Å². The number of hydrogen-bond acceptors (Lipinski definition) is 3. The molecule has 1 heterocycles. The first-order chi connectivity index (χ1) is 12.0. The van der Waals surface area contributed by atoms with Crippen molar-refractivity contribution >= 4 is 38.3 Å². The minimum absolute atomic E-state index is 0.0127. The summed E-state index contributed by atoms with van der Waals surface area (Å²) in [5, 5.41) is 9.28. The molecule has 0 bridgehead atoms. The second-order valence-corrected chi connectivity index (χ2v) is 12.4. The van der Waals surface area contributed by atoms with E-state index in [0.717, 1.165) is 11.3 Å². The normalized spacial score (nSPS) is 18.4. The average Bonchev–Trinajstić information content (AvgIpc) is 2.82. The van der Waals surface area contributed by atoms with Crippen LogP contribution >= 0.6 is 27.3 Å². The van der Waals surface area contributed by atoms with Crippen LogP contribution in [-0.4, -0.2) is 15.1 Å². The third-order valence-electron chi connectivity index (χ3n) is 4.07. The second-order valence-electron chi connectivity index (χ2n) is 8.01. The molecule has 0 fully saturated rings. The number of alkyl halides is 3. The predicted octanol–water partition coefficient (Wildman–Crippen LogP) is 6.18. The van der Waals surface area contributed by atoms with Crippen LogP contribution in [0.5, 0.6) is 0 Å². The highest BCUT2D eigenvalue weighted by atomic mass is 79.9. The minimum atomic E-state index is -4.49. The van der Waals surface area contributed by atoms with E-state index < -0.39 is 45.1 Å². The average molecular weight is 491 g/mol. The molecule has 0 radical (unpaired) electrons. The van der Waals surface area contributed by atoms with Crippen LogP contribution in [0.4, 0.5) is 17.6 Å². The van der Waals surface area contributed by atoms with Gasteiger partial charge in [0, 0.05) is 0 Å².